The average molecular weight is 397 g/mol. The normalized spacial score (nSPS) is 10.2. The predicted molar refractivity (Wildman–Crippen MR) is 91.6 cm³/mol. The molecule has 0 radical (unpaired) electrons. The third-order valence-corrected chi connectivity index (χ3v) is 4.59. The van der Waals surface area contributed by atoms with Gasteiger partial charge in [-0.3, -0.25) is 20.4 Å². The Labute approximate surface area is 145 Å². The highest BCUT2D eigenvalue weighted by molar-refractivity contribution is 9.10. The van der Waals surface area contributed by atoms with Gasteiger partial charge in [-0.15, -0.1) is 11.8 Å². The molecule has 0 aromatic heterocycles. The van der Waals surface area contributed by atoms with Crippen LogP contribution >= 0.6 is 27.7 Å². The molecule has 0 aliphatic heterocycles. The van der Waals surface area contributed by atoms with Gasteiger partial charge in [0.1, 0.15) is 5.82 Å². The first-order valence-electron chi connectivity index (χ1n) is 6.69. The molecule has 7 heteroatoms. The van der Waals surface area contributed by atoms with Gasteiger partial charge < -0.3 is 0 Å². The van der Waals surface area contributed by atoms with Crippen LogP contribution in [0.3, 0.4) is 0 Å². The number of halogens is 2. The molecule has 0 heterocycles. The number of amides is 2. The third-order valence-electron chi connectivity index (χ3n) is 2.92. The largest absolute Gasteiger partial charge is 0.272 e. The summed E-state index contributed by atoms with van der Waals surface area (Å²) in [6.07, 6.45) is 0. The van der Waals surface area contributed by atoms with E-state index in [2.05, 4.69) is 26.8 Å². The summed E-state index contributed by atoms with van der Waals surface area (Å²) >= 11 is 4.76. The molecule has 0 bridgehead atoms. The lowest BCUT2D eigenvalue weighted by Gasteiger charge is -2.08. The number of hydrazine groups is 1. The second kappa shape index (κ2) is 8.12. The van der Waals surface area contributed by atoms with Crippen LogP contribution in [-0.2, 0) is 4.79 Å². The van der Waals surface area contributed by atoms with Crippen molar-refractivity contribution in [1.29, 1.82) is 0 Å². The van der Waals surface area contributed by atoms with Crippen LogP contribution in [0.25, 0.3) is 0 Å². The maximum atomic E-state index is 12.8. The van der Waals surface area contributed by atoms with Gasteiger partial charge in [-0.25, -0.2) is 4.39 Å². The van der Waals surface area contributed by atoms with Gasteiger partial charge in [0.2, 0.25) is 5.91 Å². The second-order valence-electron chi connectivity index (χ2n) is 4.71. The Balaban J connectivity index is 1.81. The molecule has 0 saturated carbocycles. The Hall–Kier alpha value is -1.86. The number of benzene rings is 2. The number of hydrogen-bond acceptors (Lipinski definition) is 3. The van der Waals surface area contributed by atoms with Gasteiger partial charge in [-0.05, 0) is 55.0 Å². The van der Waals surface area contributed by atoms with Gasteiger partial charge >= 0.3 is 0 Å². The van der Waals surface area contributed by atoms with Crippen molar-refractivity contribution in [2.45, 2.75) is 11.8 Å². The van der Waals surface area contributed by atoms with Crippen molar-refractivity contribution in [3.05, 3.63) is 63.9 Å². The Morgan fingerprint density at radius 1 is 1.13 bits per heavy atom. The maximum Gasteiger partial charge on any atom is 0.269 e. The maximum absolute atomic E-state index is 12.8. The van der Waals surface area contributed by atoms with Crippen molar-refractivity contribution in [3.8, 4) is 0 Å². The molecule has 4 nitrogen and oxygen atoms in total. The van der Waals surface area contributed by atoms with Gasteiger partial charge in [0.25, 0.3) is 5.91 Å². The fraction of sp³-hybridized carbons (Fsp3) is 0.125. The lowest BCUT2D eigenvalue weighted by atomic mass is 10.2. The van der Waals surface area contributed by atoms with E-state index in [-0.39, 0.29) is 17.2 Å². The van der Waals surface area contributed by atoms with Crippen LogP contribution in [-0.4, -0.2) is 17.6 Å². The smallest absolute Gasteiger partial charge is 0.269 e. The molecular weight excluding hydrogens is 383 g/mol. The number of thioether (sulfide) groups is 1. The van der Waals surface area contributed by atoms with E-state index in [1.807, 2.05) is 25.1 Å². The van der Waals surface area contributed by atoms with Crippen LogP contribution in [0.1, 0.15) is 15.9 Å². The Morgan fingerprint density at radius 2 is 1.83 bits per heavy atom. The first-order chi connectivity index (χ1) is 11.0. The van der Waals surface area contributed by atoms with E-state index in [0.29, 0.717) is 0 Å². The van der Waals surface area contributed by atoms with Crippen LogP contribution in [0.4, 0.5) is 4.39 Å². The SMILES string of the molecule is Cc1cc(Br)ccc1SCC(=O)NNC(=O)c1ccc(F)cc1. The molecule has 2 aromatic carbocycles. The molecule has 0 fully saturated rings. The van der Waals surface area contributed by atoms with E-state index in [4.69, 9.17) is 0 Å². The zero-order chi connectivity index (χ0) is 16.8. The minimum atomic E-state index is -0.497. The van der Waals surface area contributed by atoms with Crippen LogP contribution < -0.4 is 10.9 Å². The van der Waals surface area contributed by atoms with Crippen molar-refractivity contribution < 1.29 is 14.0 Å². The van der Waals surface area contributed by atoms with Crippen LogP contribution in [0, 0.1) is 12.7 Å². The van der Waals surface area contributed by atoms with Crippen LogP contribution in [0.15, 0.2) is 51.8 Å². The highest BCUT2D eigenvalue weighted by Crippen LogP contribution is 2.24. The Kier molecular flexibility index (Phi) is 6.18. The number of carbonyl (C=O) groups excluding carboxylic acids is 2. The first-order valence-corrected chi connectivity index (χ1v) is 8.47. The first kappa shape index (κ1) is 17.5. The fourth-order valence-corrected chi connectivity index (χ4v) is 3.04. The number of carbonyl (C=O) groups is 2. The van der Waals surface area contributed by atoms with Gasteiger partial charge in [0, 0.05) is 14.9 Å². The summed E-state index contributed by atoms with van der Waals surface area (Å²) in [5.41, 5.74) is 5.96. The van der Waals surface area contributed by atoms with Crippen molar-refractivity contribution in [1.82, 2.24) is 10.9 Å². The van der Waals surface area contributed by atoms with Crippen molar-refractivity contribution >= 4 is 39.5 Å². The molecule has 23 heavy (non-hydrogen) atoms. The monoisotopic (exact) mass is 396 g/mol. The van der Waals surface area contributed by atoms with Gasteiger partial charge in [-0.2, -0.15) is 0 Å². The molecule has 2 N–H and O–H groups in total. The molecule has 2 rings (SSSR count). The van der Waals surface area contributed by atoms with Gasteiger partial charge in [0.05, 0.1) is 5.75 Å². The molecular formula is C16H14BrFN2O2S. The summed E-state index contributed by atoms with van der Waals surface area (Å²) in [6, 6.07) is 10.9. The molecule has 0 aliphatic rings. The van der Waals surface area contributed by atoms with Crippen molar-refractivity contribution in [2.24, 2.45) is 0 Å². The lowest BCUT2D eigenvalue weighted by molar-refractivity contribution is -0.119. The molecule has 2 aromatic rings. The average Bonchev–Trinajstić information content (AvgIpc) is 2.52. The Morgan fingerprint density at radius 3 is 2.48 bits per heavy atom. The summed E-state index contributed by atoms with van der Waals surface area (Å²) in [5.74, 6) is -1.07. The summed E-state index contributed by atoms with van der Waals surface area (Å²) in [5, 5.41) is 0. The zero-order valence-corrected chi connectivity index (χ0v) is 14.6. The van der Waals surface area contributed by atoms with Gasteiger partial charge in [-0.1, -0.05) is 15.9 Å². The summed E-state index contributed by atoms with van der Waals surface area (Å²) in [4.78, 5) is 24.5. The zero-order valence-electron chi connectivity index (χ0n) is 12.2. The second-order valence-corrected chi connectivity index (χ2v) is 6.64. The third kappa shape index (κ3) is 5.37. The van der Waals surface area contributed by atoms with E-state index < -0.39 is 11.7 Å². The Bertz CT molecular complexity index is 723. The highest BCUT2D eigenvalue weighted by Gasteiger charge is 2.08. The van der Waals surface area contributed by atoms with Crippen molar-refractivity contribution in [2.75, 3.05) is 5.75 Å². The minimum Gasteiger partial charge on any atom is -0.272 e. The number of aryl methyl sites for hydroxylation is 1. The lowest BCUT2D eigenvalue weighted by Crippen LogP contribution is -2.42. The molecule has 0 aliphatic carbocycles. The molecule has 0 spiro atoms. The number of hydrogen-bond donors (Lipinski definition) is 2. The van der Waals surface area contributed by atoms with Crippen molar-refractivity contribution in [3.63, 3.8) is 0 Å². The number of nitrogens with one attached hydrogen (secondary N) is 2. The highest BCUT2D eigenvalue weighted by atomic mass is 79.9. The van der Waals surface area contributed by atoms with E-state index in [1.165, 1.54) is 36.0 Å². The fourth-order valence-electron chi connectivity index (χ4n) is 1.75. The summed E-state index contributed by atoms with van der Waals surface area (Å²) < 4.78 is 13.8. The summed E-state index contributed by atoms with van der Waals surface area (Å²) in [6.45, 7) is 1.96. The quantitative estimate of drug-likeness (QED) is 0.614. The summed E-state index contributed by atoms with van der Waals surface area (Å²) in [7, 11) is 0. The van der Waals surface area contributed by atoms with E-state index >= 15 is 0 Å². The molecule has 0 saturated heterocycles. The predicted octanol–water partition coefficient (Wildman–Crippen LogP) is 3.45. The van der Waals surface area contributed by atoms with E-state index in [0.717, 1.165) is 14.9 Å². The molecule has 0 atom stereocenters. The van der Waals surface area contributed by atoms with E-state index in [9.17, 15) is 14.0 Å². The van der Waals surface area contributed by atoms with Crippen LogP contribution in [0.5, 0.6) is 0 Å². The molecule has 0 unspecified atom stereocenters. The topological polar surface area (TPSA) is 58.2 Å². The minimum absolute atomic E-state index is 0.173. The van der Waals surface area contributed by atoms with Crippen LogP contribution in [0.2, 0.25) is 0 Å². The molecule has 2 amide bonds. The number of rotatable bonds is 4. The standard InChI is InChI=1S/C16H14BrFN2O2S/c1-10-8-12(17)4-7-14(10)23-9-15(21)19-20-16(22)11-2-5-13(18)6-3-11/h2-8H,9H2,1H3,(H,19,21)(H,20,22). The molecule has 120 valence electrons. The van der Waals surface area contributed by atoms with Gasteiger partial charge in [0.15, 0.2) is 0 Å². The van der Waals surface area contributed by atoms with E-state index in [1.54, 1.807) is 0 Å².